The summed E-state index contributed by atoms with van der Waals surface area (Å²) < 4.78 is 12.6. The lowest BCUT2D eigenvalue weighted by molar-refractivity contribution is -0.250. The number of aliphatic hydroxyl groups excluding tert-OH is 4. The molecule has 32 heavy (non-hydrogen) atoms. The number of rotatable bonds is 8. The van der Waals surface area contributed by atoms with Crippen LogP contribution in [0.5, 0.6) is 5.75 Å². The van der Waals surface area contributed by atoms with Gasteiger partial charge in [-0.15, -0.1) is 0 Å². The summed E-state index contributed by atoms with van der Waals surface area (Å²) in [6.07, 6.45) is -5.32. The van der Waals surface area contributed by atoms with E-state index in [1.165, 1.54) is 11.7 Å². The molecule has 3 rings (SSSR count). The van der Waals surface area contributed by atoms with Gasteiger partial charge in [0.05, 0.1) is 25.7 Å². The number of benzene rings is 1. The maximum Gasteiger partial charge on any atom is 0.326 e. The highest BCUT2D eigenvalue weighted by molar-refractivity contribution is 5.93. The van der Waals surface area contributed by atoms with Gasteiger partial charge in [-0.25, -0.2) is 4.79 Å². The highest BCUT2D eigenvalue weighted by atomic mass is 16.6. The number of amides is 1. The summed E-state index contributed by atoms with van der Waals surface area (Å²) in [5, 5.41) is 52.6. The Balaban J connectivity index is 2.02. The summed E-state index contributed by atoms with van der Waals surface area (Å²) in [6.45, 7) is 1.07. The maximum atomic E-state index is 12.5. The summed E-state index contributed by atoms with van der Waals surface area (Å²) in [4.78, 5) is 23.8. The third kappa shape index (κ3) is 4.43. The zero-order valence-corrected chi connectivity index (χ0v) is 17.7. The number of aliphatic carboxylic acids is 1. The van der Waals surface area contributed by atoms with E-state index < -0.39 is 55.2 Å². The first kappa shape index (κ1) is 24.0. The molecule has 6 atom stereocenters. The number of carbonyl (C=O) groups is 2. The summed E-state index contributed by atoms with van der Waals surface area (Å²) in [6, 6.07) is 4.10. The Morgan fingerprint density at radius 3 is 2.53 bits per heavy atom. The van der Waals surface area contributed by atoms with Gasteiger partial charge in [-0.1, -0.05) is 19.1 Å². The van der Waals surface area contributed by atoms with Crippen molar-refractivity contribution in [1.29, 1.82) is 0 Å². The SMILES string of the molecule is CC[C@@H](NC(=O)Cc1cn([C@@H]2O[C@H](CO)[C@@H](O)[C@H](O)[C@H]2O)c2c(OC)cccc12)C(=O)O. The van der Waals surface area contributed by atoms with Crippen molar-refractivity contribution in [2.75, 3.05) is 13.7 Å². The average molecular weight is 452 g/mol. The predicted octanol–water partition coefficient (Wildman–Crippen LogP) is -0.856. The van der Waals surface area contributed by atoms with Crippen LogP contribution >= 0.6 is 0 Å². The largest absolute Gasteiger partial charge is 0.495 e. The molecular formula is C21H28N2O9. The van der Waals surface area contributed by atoms with Crippen LogP contribution in [0.1, 0.15) is 25.1 Å². The summed E-state index contributed by atoms with van der Waals surface area (Å²) in [5.74, 6) is -1.23. The second kappa shape index (κ2) is 9.84. The number of aliphatic hydroxyl groups is 4. The molecular weight excluding hydrogens is 424 g/mol. The van der Waals surface area contributed by atoms with Crippen molar-refractivity contribution in [3.8, 4) is 5.75 Å². The minimum Gasteiger partial charge on any atom is -0.495 e. The van der Waals surface area contributed by atoms with Crippen molar-refractivity contribution in [1.82, 2.24) is 9.88 Å². The molecule has 11 nitrogen and oxygen atoms in total. The van der Waals surface area contributed by atoms with Gasteiger partial charge < -0.3 is 44.9 Å². The average Bonchev–Trinajstić information content (AvgIpc) is 3.14. The van der Waals surface area contributed by atoms with E-state index in [1.807, 2.05) is 0 Å². The Hall–Kier alpha value is -2.70. The minimum atomic E-state index is -1.58. The van der Waals surface area contributed by atoms with Crippen LogP contribution < -0.4 is 10.1 Å². The Morgan fingerprint density at radius 1 is 1.22 bits per heavy atom. The monoisotopic (exact) mass is 452 g/mol. The van der Waals surface area contributed by atoms with Gasteiger partial charge in [0, 0.05) is 11.6 Å². The first-order valence-corrected chi connectivity index (χ1v) is 10.2. The van der Waals surface area contributed by atoms with Gasteiger partial charge in [-0.05, 0) is 18.1 Å². The first-order chi connectivity index (χ1) is 15.2. The zero-order chi connectivity index (χ0) is 23.6. The van der Waals surface area contributed by atoms with Crippen molar-refractivity contribution in [2.45, 2.75) is 56.5 Å². The van der Waals surface area contributed by atoms with Crippen molar-refractivity contribution < 1.29 is 44.6 Å². The van der Waals surface area contributed by atoms with Crippen LogP contribution in [0.4, 0.5) is 0 Å². The van der Waals surface area contributed by atoms with E-state index in [0.29, 0.717) is 22.2 Å². The van der Waals surface area contributed by atoms with E-state index in [-0.39, 0.29) is 12.8 Å². The number of carbonyl (C=O) groups excluding carboxylic acids is 1. The van der Waals surface area contributed by atoms with Gasteiger partial charge in [0.1, 0.15) is 36.2 Å². The van der Waals surface area contributed by atoms with Crippen LogP contribution in [0.25, 0.3) is 10.9 Å². The standard InChI is InChI=1S/C21H28N2O9/c1-3-12(21(29)30)22-15(25)7-10-8-23(16-11(10)5-4-6-13(16)31-2)20-19(28)18(27)17(26)14(9-24)32-20/h4-6,8,12,14,17-20,24,26-28H,3,7,9H2,1-2H3,(H,22,25)(H,29,30)/t12-,14-,17-,18+,19-,20-/m1/s1. The van der Waals surface area contributed by atoms with E-state index >= 15 is 0 Å². The summed E-state index contributed by atoms with van der Waals surface area (Å²) in [7, 11) is 1.45. The molecule has 2 aromatic rings. The molecule has 0 radical (unpaired) electrons. The number of carboxylic acids is 1. The molecule has 11 heteroatoms. The van der Waals surface area contributed by atoms with E-state index in [2.05, 4.69) is 5.32 Å². The molecule has 176 valence electrons. The number of nitrogens with one attached hydrogen (secondary N) is 1. The topological polar surface area (TPSA) is 171 Å². The molecule has 1 aliphatic heterocycles. The Kier molecular flexibility index (Phi) is 7.36. The van der Waals surface area contributed by atoms with Crippen LogP contribution in [0, 0.1) is 0 Å². The lowest BCUT2D eigenvalue weighted by Crippen LogP contribution is -2.56. The Labute approximate surface area is 183 Å². The highest BCUT2D eigenvalue weighted by Gasteiger charge is 2.44. The molecule has 1 aromatic carbocycles. The zero-order valence-electron chi connectivity index (χ0n) is 17.7. The van der Waals surface area contributed by atoms with Crippen LogP contribution in [0.15, 0.2) is 24.4 Å². The molecule has 0 spiro atoms. The third-order valence-electron chi connectivity index (χ3n) is 5.65. The second-order valence-electron chi connectivity index (χ2n) is 7.68. The lowest BCUT2D eigenvalue weighted by atomic mass is 9.98. The number of aromatic nitrogens is 1. The van der Waals surface area contributed by atoms with Gasteiger partial charge in [0.15, 0.2) is 6.23 Å². The molecule has 1 fully saturated rings. The van der Waals surface area contributed by atoms with Gasteiger partial charge in [-0.3, -0.25) is 4.79 Å². The molecule has 1 aliphatic rings. The normalized spacial score (nSPS) is 26.6. The smallest absolute Gasteiger partial charge is 0.326 e. The van der Waals surface area contributed by atoms with Crippen molar-refractivity contribution >= 4 is 22.8 Å². The van der Waals surface area contributed by atoms with Gasteiger partial charge in [0.2, 0.25) is 5.91 Å². The van der Waals surface area contributed by atoms with Crippen LogP contribution in [0.3, 0.4) is 0 Å². The maximum absolute atomic E-state index is 12.5. The van der Waals surface area contributed by atoms with Crippen LogP contribution in [-0.2, 0) is 20.7 Å². The molecule has 1 aromatic heterocycles. The highest BCUT2D eigenvalue weighted by Crippen LogP contribution is 2.37. The fourth-order valence-corrected chi connectivity index (χ4v) is 3.92. The molecule has 1 saturated heterocycles. The molecule has 0 bridgehead atoms. The van der Waals surface area contributed by atoms with Crippen molar-refractivity contribution in [3.63, 3.8) is 0 Å². The van der Waals surface area contributed by atoms with Crippen molar-refractivity contribution in [3.05, 3.63) is 30.0 Å². The number of hydrogen-bond donors (Lipinski definition) is 6. The van der Waals surface area contributed by atoms with Crippen LogP contribution in [-0.4, -0.2) is 86.2 Å². The van der Waals surface area contributed by atoms with Gasteiger partial charge in [0.25, 0.3) is 0 Å². The predicted molar refractivity (Wildman–Crippen MR) is 111 cm³/mol. The Bertz CT molecular complexity index is 974. The molecule has 2 heterocycles. The number of carboxylic acid groups (broad SMARTS) is 1. The fourth-order valence-electron chi connectivity index (χ4n) is 3.92. The number of para-hydroxylation sites is 1. The van der Waals surface area contributed by atoms with E-state index in [1.54, 1.807) is 31.3 Å². The third-order valence-corrected chi connectivity index (χ3v) is 5.65. The minimum absolute atomic E-state index is 0.155. The fraction of sp³-hybridized carbons (Fsp3) is 0.524. The number of nitrogens with zero attached hydrogens (tertiary/aromatic N) is 1. The van der Waals surface area contributed by atoms with Gasteiger partial charge in [-0.2, -0.15) is 0 Å². The second-order valence-corrected chi connectivity index (χ2v) is 7.68. The van der Waals surface area contributed by atoms with E-state index in [4.69, 9.17) is 9.47 Å². The molecule has 0 aliphatic carbocycles. The number of fused-ring (bicyclic) bond motifs is 1. The molecule has 0 unspecified atom stereocenters. The van der Waals surface area contributed by atoms with Crippen LogP contribution in [0.2, 0.25) is 0 Å². The van der Waals surface area contributed by atoms with Crippen molar-refractivity contribution in [2.24, 2.45) is 0 Å². The number of methoxy groups -OCH3 is 1. The lowest BCUT2D eigenvalue weighted by Gasteiger charge is -2.40. The molecule has 6 N–H and O–H groups in total. The molecule has 1 amide bonds. The quantitative estimate of drug-likeness (QED) is 0.298. The van der Waals surface area contributed by atoms with E-state index in [9.17, 15) is 35.1 Å². The Morgan fingerprint density at radius 2 is 1.94 bits per heavy atom. The molecule has 0 saturated carbocycles. The van der Waals surface area contributed by atoms with Gasteiger partial charge >= 0.3 is 5.97 Å². The first-order valence-electron chi connectivity index (χ1n) is 10.2. The number of hydrogen-bond acceptors (Lipinski definition) is 8. The summed E-state index contributed by atoms with van der Waals surface area (Å²) >= 11 is 0. The number of ether oxygens (including phenoxy) is 2. The van der Waals surface area contributed by atoms with E-state index in [0.717, 1.165) is 0 Å². The summed E-state index contributed by atoms with van der Waals surface area (Å²) in [5.41, 5.74) is 0.973.